The van der Waals surface area contributed by atoms with Gasteiger partial charge in [-0.1, -0.05) is 30.7 Å². The van der Waals surface area contributed by atoms with Gasteiger partial charge in [0.2, 0.25) is 10.0 Å². The number of halogens is 1. The molecule has 0 bridgehead atoms. The van der Waals surface area contributed by atoms with Crippen LogP contribution in [0.1, 0.15) is 22.8 Å². The second-order valence-corrected chi connectivity index (χ2v) is 6.31. The van der Waals surface area contributed by atoms with Crippen molar-refractivity contribution in [1.82, 2.24) is 10.0 Å². The molecule has 19 heavy (non-hydrogen) atoms. The molecule has 0 heterocycles. The summed E-state index contributed by atoms with van der Waals surface area (Å²) in [4.78, 5) is 11.9. The summed E-state index contributed by atoms with van der Waals surface area (Å²) in [6.45, 7) is 3.87. The van der Waals surface area contributed by atoms with Gasteiger partial charge in [-0.3, -0.25) is 4.79 Å². The predicted octanol–water partition coefficient (Wildman–Crippen LogP) is 1.32. The molecule has 1 aromatic rings. The van der Waals surface area contributed by atoms with E-state index in [1.54, 1.807) is 32.0 Å². The molecule has 1 aromatic carbocycles. The SMILES string of the molecule is CCNS(=O)(=O)CCNC(=O)c1cccc(C)c1Cl. The summed E-state index contributed by atoms with van der Waals surface area (Å²) in [5.74, 6) is -0.531. The molecule has 0 aromatic heterocycles. The first-order valence-corrected chi connectivity index (χ1v) is 7.91. The number of hydrogen-bond acceptors (Lipinski definition) is 3. The number of aryl methyl sites for hydroxylation is 1. The van der Waals surface area contributed by atoms with Gasteiger partial charge >= 0.3 is 0 Å². The second kappa shape index (κ2) is 6.88. The Balaban J connectivity index is 2.60. The summed E-state index contributed by atoms with van der Waals surface area (Å²) in [5, 5.41) is 2.92. The van der Waals surface area contributed by atoms with Crippen LogP contribution in [0.4, 0.5) is 0 Å². The largest absolute Gasteiger partial charge is 0.351 e. The van der Waals surface area contributed by atoms with Crippen LogP contribution in [0.25, 0.3) is 0 Å². The highest BCUT2D eigenvalue weighted by Gasteiger charge is 2.13. The first-order chi connectivity index (χ1) is 8.87. The summed E-state index contributed by atoms with van der Waals surface area (Å²) < 4.78 is 25.1. The Morgan fingerprint density at radius 3 is 2.68 bits per heavy atom. The van der Waals surface area contributed by atoms with Crippen LogP contribution in [0.15, 0.2) is 18.2 Å². The number of nitrogens with one attached hydrogen (secondary N) is 2. The molecular formula is C12H17ClN2O3S. The Bertz CT molecular complexity index is 558. The van der Waals surface area contributed by atoms with Crippen LogP contribution >= 0.6 is 11.6 Å². The van der Waals surface area contributed by atoms with E-state index in [4.69, 9.17) is 11.6 Å². The Morgan fingerprint density at radius 2 is 2.05 bits per heavy atom. The summed E-state index contributed by atoms with van der Waals surface area (Å²) in [7, 11) is -3.33. The molecule has 0 atom stereocenters. The summed E-state index contributed by atoms with van der Waals surface area (Å²) >= 11 is 6.02. The summed E-state index contributed by atoms with van der Waals surface area (Å²) in [6, 6.07) is 5.13. The molecule has 2 N–H and O–H groups in total. The van der Waals surface area contributed by atoms with Crippen molar-refractivity contribution < 1.29 is 13.2 Å². The van der Waals surface area contributed by atoms with Gasteiger partial charge < -0.3 is 5.32 Å². The van der Waals surface area contributed by atoms with Gasteiger partial charge in [0.1, 0.15) is 0 Å². The maximum absolute atomic E-state index is 11.9. The molecule has 0 aliphatic carbocycles. The Morgan fingerprint density at radius 1 is 1.37 bits per heavy atom. The average Bonchev–Trinajstić information content (AvgIpc) is 2.32. The monoisotopic (exact) mass is 304 g/mol. The van der Waals surface area contributed by atoms with Crippen molar-refractivity contribution in [1.29, 1.82) is 0 Å². The number of amides is 1. The molecular weight excluding hydrogens is 288 g/mol. The van der Waals surface area contributed by atoms with E-state index in [9.17, 15) is 13.2 Å². The van der Waals surface area contributed by atoms with E-state index in [0.29, 0.717) is 17.1 Å². The minimum atomic E-state index is -3.33. The average molecular weight is 305 g/mol. The highest BCUT2D eigenvalue weighted by Crippen LogP contribution is 2.19. The lowest BCUT2D eigenvalue weighted by molar-refractivity contribution is 0.0956. The van der Waals surface area contributed by atoms with Crippen LogP contribution in [0.5, 0.6) is 0 Å². The van der Waals surface area contributed by atoms with E-state index in [0.717, 1.165) is 5.56 Å². The van der Waals surface area contributed by atoms with Crippen molar-refractivity contribution >= 4 is 27.5 Å². The molecule has 5 nitrogen and oxygen atoms in total. The minimum absolute atomic E-state index is 0.0401. The Hall–Kier alpha value is -1.11. The van der Waals surface area contributed by atoms with E-state index in [1.165, 1.54) is 0 Å². The highest BCUT2D eigenvalue weighted by atomic mass is 35.5. The lowest BCUT2D eigenvalue weighted by Crippen LogP contribution is -2.34. The van der Waals surface area contributed by atoms with E-state index >= 15 is 0 Å². The number of hydrogen-bond donors (Lipinski definition) is 2. The predicted molar refractivity (Wildman–Crippen MR) is 76.0 cm³/mol. The maximum atomic E-state index is 11.9. The van der Waals surface area contributed by atoms with Crippen molar-refractivity contribution in [2.45, 2.75) is 13.8 Å². The third-order valence-corrected chi connectivity index (χ3v) is 4.43. The lowest BCUT2D eigenvalue weighted by Gasteiger charge is -2.08. The fourth-order valence-electron chi connectivity index (χ4n) is 1.51. The van der Waals surface area contributed by atoms with Gasteiger partial charge in [-0.05, 0) is 18.6 Å². The first kappa shape index (κ1) is 15.9. The molecule has 0 spiro atoms. The van der Waals surface area contributed by atoms with Crippen LogP contribution in [0.3, 0.4) is 0 Å². The van der Waals surface area contributed by atoms with Gasteiger partial charge in [-0.25, -0.2) is 13.1 Å². The normalized spacial score (nSPS) is 11.3. The molecule has 0 aliphatic rings. The van der Waals surface area contributed by atoms with E-state index in [1.807, 2.05) is 0 Å². The zero-order valence-electron chi connectivity index (χ0n) is 10.9. The first-order valence-electron chi connectivity index (χ1n) is 5.88. The molecule has 0 unspecified atom stereocenters. The fraction of sp³-hybridized carbons (Fsp3) is 0.417. The van der Waals surface area contributed by atoms with Crippen molar-refractivity contribution in [3.63, 3.8) is 0 Å². The highest BCUT2D eigenvalue weighted by molar-refractivity contribution is 7.89. The second-order valence-electron chi connectivity index (χ2n) is 4.01. The molecule has 1 rings (SSSR count). The molecule has 1 amide bonds. The zero-order valence-corrected chi connectivity index (χ0v) is 12.4. The number of carbonyl (C=O) groups is 1. The molecule has 0 saturated heterocycles. The fourth-order valence-corrected chi connectivity index (χ4v) is 2.68. The van der Waals surface area contributed by atoms with Crippen LogP contribution in [-0.2, 0) is 10.0 Å². The molecule has 0 radical (unpaired) electrons. The van der Waals surface area contributed by atoms with E-state index in [-0.39, 0.29) is 18.2 Å². The Labute approximate surface area is 118 Å². The molecule has 0 saturated carbocycles. The van der Waals surface area contributed by atoms with Gasteiger partial charge in [0.05, 0.1) is 16.3 Å². The van der Waals surface area contributed by atoms with E-state index in [2.05, 4.69) is 10.0 Å². The number of carbonyl (C=O) groups excluding carboxylic acids is 1. The van der Waals surface area contributed by atoms with Crippen LogP contribution in [0.2, 0.25) is 5.02 Å². The quantitative estimate of drug-likeness (QED) is 0.832. The topological polar surface area (TPSA) is 75.3 Å². The number of sulfonamides is 1. The molecule has 0 fully saturated rings. The van der Waals surface area contributed by atoms with Crippen LogP contribution < -0.4 is 10.0 Å². The third kappa shape index (κ3) is 4.81. The summed E-state index contributed by atoms with van der Waals surface area (Å²) in [5.41, 5.74) is 1.15. The molecule has 7 heteroatoms. The van der Waals surface area contributed by atoms with Gasteiger partial charge in [-0.15, -0.1) is 0 Å². The maximum Gasteiger partial charge on any atom is 0.252 e. The van der Waals surface area contributed by atoms with Crippen molar-refractivity contribution in [2.75, 3.05) is 18.8 Å². The molecule has 106 valence electrons. The summed E-state index contributed by atoms with van der Waals surface area (Å²) in [6.07, 6.45) is 0. The lowest BCUT2D eigenvalue weighted by atomic mass is 10.1. The van der Waals surface area contributed by atoms with Gasteiger partial charge in [-0.2, -0.15) is 0 Å². The zero-order chi connectivity index (χ0) is 14.5. The standard InChI is InChI=1S/C12H17ClN2O3S/c1-3-15-19(17,18)8-7-14-12(16)10-6-4-5-9(2)11(10)13/h4-6,15H,3,7-8H2,1-2H3,(H,14,16). The van der Waals surface area contributed by atoms with E-state index < -0.39 is 10.0 Å². The van der Waals surface area contributed by atoms with Crippen LogP contribution in [0, 0.1) is 6.92 Å². The van der Waals surface area contributed by atoms with Gasteiger partial charge in [0.15, 0.2) is 0 Å². The van der Waals surface area contributed by atoms with Gasteiger partial charge in [0.25, 0.3) is 5.91 Å². The van der Waals surface area contributed by atoms with Crippen molar-refractivity contribution in [3.05, 3.63) is 34.3 Å². The molecule has 0 aliphatic heterocycles. The van der Waals surface area contributed by atoms with Crippen LogP contribution in [-0.4, -0.2) is 33.2 Å². The Kier molecular flexibility index (Phi) is 5.78. The minimum Gasteiger partial charge on any atom is -0.351 e. The number of benzene rings is 1. The van der Waals surface area contributed by atoms with Crippen molar-refractivity contribution in [3.8, 4) is 0 Å². The third-order valence-electron chi connectivity index (χ3n) is 2.46. The van der Waals surface area contributed by atoms with Crippen molar-refractivity contribution in [2.24, 2.45) is 0 Å². The van der Waals surface area contributed by atoms with Gasteiger partial charge in [0, 0.05) is 13.1 Å². The smallest absolute Gasteiger partial charge is 0.252 e. The number of rotatable bonds is 6.